The van der Waals surface area contributed by atoms with Gasteiger partial charge in [-0.15, -0.1) is 0 Å². The number of carbonyl (C=O) groups excluding carboxylic acids is 2. The van der Waals surface area contributed by atoms with Crippen LogP contribution in [0.3, 0.4) is 0 Å². The highest BCUT2D eigenvalue weighted by Crippen LogP contribution is 2.36. The number of amides is 2. The lowest BCUT2D eigenvalue weighted by molar-refractivity contribution is -0.138. The lowest BCUT2D eigenvalue weighted by atomic mass is 9.93. The number of rotatable bonds is 9. The summed E-state index contributed by atoms with van der Waals surface area (Å²) in [6, 6.07) is 11.5. The van der Waals surface area contributed by atoms with Gasteiger partial charge in [0.05, 0.1) is 17.2 Å². The standard InChI is InChI=1S/C27H33F3N4O2/c1-5-6-7-12-20(18-33(2)3)24(35)32-26(21-13-10-14-22(16-21)27(28,29)30)25(36)34(4)23-15-9-8-11-19(23)17-31-26/h8-11,13-17,20H,5-7,12,18H2,1-4H3,(H,32,35)/t20-,26?/m0/s1. The van der Waals surface area contributed by atoms with Crippen molar-refractivity contribution < 1.29 is 22.8 Å². The fraction of sp³-hybridized carbons (Fsp3) is 0.444. The molecule has 2 aromatic rings. The SMILES string of the molecule is CCCCC[C@@H](CN(C)C)C(=O)NC1(c2cccc(C(F)(F)F)c2)N=Cc2ccccc2N(C)C1=O. The number of likely N-dealkylation sites (N-methyl/N-ethyl adjacent to an activating group) is 1. The Balaban J connectivity index is 2.12. The number of aliphatic imine (C=N–C) groups is 1. The van der Waals surface area contributed by atoms with Gasteiger partial charge in [0.25, 0.3) is 5.91 Å². The van der Waals surface area contributed by atoms with Crippen molar-refractivity contribution in [3.05, 3.63) is 65.2 Å². The maximum atomic E-state index is 13.9. The molecule has 194 valence electrons. The van der Waals surface area contributed by atoms with E-state index >= 15 is 0 Å². The van der Waals surface area contributed by atoms with Crippen molar-refractivity contribution in [2.75, 3.05) is 32.6 Å². The number of unbranched alkanes of at least 4 members (excludes halogenated alkanes) is 2. The summed E-state index contributed by atoms with van der Waals surface area (Å²) in [6.07, 6.45) is 0.157. The molecular formula is C27H33F3N4O2. The van der Waals surface area contributed by atoms with Crippen molar-refractivity contribution in [3.63, 3.8) is 0 Å². The fourth-order valence-electron chi connectivity index (χ4n) is 4.42. The summed E-state index contributed by atoms with van der Waals surface area (Å²) in [5.41, 5.74) is -1.87. The zero-order valence-electron chi connectivity index (χ0n) is 21.1. The Morgan fingerprint density at radius 3 is 2.53 bits per heavy atom. The third-order valence-corrected chi connectivity index (χ3v) is 6.33. The predicted molar refractivity (Wildman–Crippen MR) is 135 cm³/mol. The zero-order valence-corrected chi connectivity index (χ0v) is 21.1. The van der Waals surface area contributed by atoms with Gasteiger partial charge in [0, 0.05) is 30.9 Å². The molecule has 36 heavy (non-hydrogen) atoms. The van der Waals surface area contributed by atoms with Crippen LogP contribution in [-0.4, -0.2) is 50.6 Å². The molecule has 0 fully saturated rings. The highest BCUT2D eigenvalue weighted by atomic mass is 19.4. The summed E-state index contributed by atoms with van der Waals surface area (Å²) in [5.74, 6) is -1.54. The number of carbonyl (C=O) groups is 2. The predicted octanol–water partition coefficient (Wildman–Crippen LogP) is 4.83. The Hall–Kier alpha value is -3.20. The van der Waals surface area contributed by atoms with Crippen molar-refractivity contribution in [1.82, 2.24) is 10.2 Å². The first-order valence-corrected chi connectivity index (χ1v) is 12.1. The average Bonchev–Trinajstić information content (AvgIpc) is 2.94. The number of alkyl halides is 3. The maximum absolute atomic E-state index is 13.9. The van der Waals surface area contributed by atoms with Crippen LogP contribution in [0.5, 0.6) is 0 Å². The van der Waals surface area contributed by atoms with Crippen LogP contribution in [0.4, 0.5) is 18.9 Å². The summed E-state index contributed by atoms with van der Waals surface area (Å²) in [6.45, 7) is 2.50. The minimum absolute atomic E-state index is 0.0521. The van der Waals surface area contributed by atoms with E-state index in [-0.39, 0.29) is 5.56 Å². The summed E-state index contributed by atoms with van der Waals surface area (Å²) in [4.78, 5) is 35.3. The minimum atomic E-state index is -4.62. The van der Waals surface area contributed by atoms with Gasteiger partial charge in [-0.05, 0) is 38.7 Å². The van der Waals surface area contributed by atoms with Crippen molar-refractivity contribution in [1.29, 1.82) is 0 Å². The number of nitrogens with one attached hydrogen (secondary N) is 1. The second kappa shape index (κ2) is 11.2. The monoisotopic (exact) mass is 502 g/mol. The molecule has 2 aromatic carbocycles. The van der Waals surface area contributed by atoms with Gasteiger partial charge in [0.1, 0.15) is 0 Å². The summed E-state index contributed by atoms with van der Waals surface area (Å²) in [5, 5.41) is 2.79. The lowest BCUT2D eigenvalue weighted by Gasteiger charge is -2.34. The number of para-hydroxylation sites is 1. The second-order valence-electron chi connectivity index (χ2n) is 9.41. The minimum Gasteiger partial charge on any atom is -0.320 e. The lowest BCUT2D eigenvalue weighted by Crippen LogP contribution is -2.57. The molecule has 6 nitrogen and oxygen atoms in total. The number of nitrogens with zero attached hydrogens (tertiary/aromatic N) is 3. The first-order chi connectivity index (χ1) is 17.0. The topological polar surface area (TPSA) is 65.0 Å². The highest BCUT2D eigenvalue weighted by molar-refractivity contribution is 6.08. The van der Waals surface area contributed by atoms with E-state index in [4.69, 9.17) is 0 Å². The van der Waals surface area contributed by atoms with E-state index in [0.717, 1.165) is 31.4 Å². The van der Waals surface area contributed by atoms with Crippen LogP contribution in [0.15, 0.2) is 53.5 Å². The van der Waals surface area contributed by atoms with Crippen molar-refractivity contribution in [2.45, 2.75) is 44.4 Å². The molecule has 1 aliphatic rings. The number of anilines is 1. The number of hydrogen-bond acceptors (Lipinski definition) is 4. The number of benzodiazepines with no additional fused rings is 1. The molecule has 0 spiro atoms. The van der Waals surface area contributed by atoms with E-state index in [0.29, 0.717) is 24.2 Å². The zero-order chi connectivity index (χ0) is 26.5. The maximum Gasteiger partial charge on any atom is 0.416 e. The van der Waals surface area contributed by atoms with E-state index in [2.05, 4.69) is 17.2 Å². The second-order valence-corrected chi connectivity index (χ2v) is 9.41. The van der Waals surface area contributed by atoms with Crippen molar-refractivity contribution in [3.8, 4) is 0 Å². The summed E-state index contributed by atoms with van der Waals surface area (Å²) < 4.78 is 40.8. The molecule has 0 aliphatic carbocycles. The third-order valence-electron chi connectivity index (χ3n) is 6.33. The molecule has 0 saturated carbocycles. The molecule has 2 amide bonds. The average molecular weight is 503 g/mol. The van der Waals surface area contributed by atoms with E-state index in [1.54, 1.807) is 24.3 Å². The first-order valence-electron chi connectivity index (χ1n) is 12.1. The van der Waals surface area contributed by atoms with Gasteiger partial charge < -0.3 is 15.1 Å². The van der Waals surface area contributed by atoms with E-state index < -0.39 is 35.1 Å². The molecule has 9 heteroatoms. The van der Waals surface area contributed by atoms with Crippen LogP contribution >= 0.6 is 0 Å². The van der Waals surface area contributed by atoms with Crippen LogP contribution in [0.2, 0.25) is 0 Å². The molecule has 3 rings (SSSR count). The largest absolute Gasteiger partial charge is 0.416 e. The normalized spacial score (nSPS) is 18.7. The van der Waals surface area contributed by atoms with Crippen LogP contribution in [0.25, 0.3) is 0 Å². The van der Waals surface area contributed by atoms with Crippen molar-refractivity contribution >= 4 is 23.7 Å². The molecule has 0 saturated heterocycles. The fourth-order valence-corrected chi connectivity index (χ4v) is 4.42. The van der Waals surface area contributed by atoms with Crippen LogP contribution < -0.4 is 10.2 Å². The first kappa shape index (κ1) is 27.4. The van der Waals surface area contributed by atoms with Crippen LogP contribution in [0, 0.1) is 5.92 Å². The molecule has 1 aliphatic heterocycles. The summed E-state index contributed by atoms with van der Waals surface area (Å²) >= 11 is 0. The molecule has 1 heterocycles. The Kier molecular flexibility index (Phi) is 8.55. The Labute approximate surface area is 210 Å². The summed E-state index contributed by atoms with van der Waals surface area (Å²) in [7, 11) is 5.23. The highest BCUT2D eigenvalue weighted by Gasteiger charge is 2.47. The molecule has 2 atom stereocenters. The molecule has 0 aromatic heterocycles. The van der Waals surface area contributed by atoms with Crippen LogP contribution in [-0.2, 0) is 21.4 Å². The third kappa shape index (κ3) is 5.95. The van der Waals surface area contributed by atoms with Gasteiger partial charge in [0.15, 0.2) is 0 Å². The number of fused-ring (bicyclic) bond motifs is 1. The molecule has 1 unspecified atom stereocenters. The van der Waals surface area contributed by atoms with Gasteiger partial charge >= 0.3 is 6.18 Å². The van der Waals surface area contributed by atoms with E-state index in [1.165, 1.54) is 30.3 Å². The molecule has 0 radical (unpaired) electrons. The number of hydrogen-bond donors (Lipinski definition) is 1. The quantitative estimate of drug-likeness (QED) is 0.500. The van der Waals surface area contributed by atoms with Crippen molar-refractivity contribution in [2.24, 2.45) is 10.9 Å². The van der Waals surface area contributed by atoms with Crippen LogP contribution in [0.1, 0.15) is 49.3 Å². The Bertz CT molecular complexity index is 1120. The number of benzene rings is 2. The van der Waals surface area contributed by atoms with E-state index in [9.17, 15) is 22.8 Å². The molecule has 1 N–H and O–H groups in total. The Morgan fingerprint density at radius 1 is 1.14 bits per heavy atom. The van der Waals surface area contributed by atoms with E-state index in [1.807, 2.05) is 19.0 Å². The molecular weight excluding hydrogens is 469 g/mol. The van der Waals surface area contributed by atoms with Gasteiger partial charge in [-0.2, -0.15) is 13.2 Å². The molecule has 0 bridgehead atoms. The van der Waals surface area contributed by atoms with Gasteiger partial charge in [-0.1, -0.05) is 56.5 Å². The van der Waals surface area contributed by atoms with Gasteiger partial charge in [0.2, 0.25) is 11.6 Å². The smallest absolute Gasteiger partial charge is 0.320 e. The van der Waals surface area contributed by atoms with Gasteiger partial charge in [-0.25, -0.2) is 0 Å². The number of halogens is 3. The van der Waals surface area contributed by atoms with Gasteiger partial charge in [-0.3, -0.25) is 14.6 Å². The Morgan fingerprint density at radius 2 is 1.86 bits per heavy atom.